The monoisotopic (exact) mass is 481 g/mol. The second-order valence-electron chi connectivity index (χ2n) is 8.51. The van der Waals surface area contributed by atoms with Gasteiger partial charge in [0.1, 0.15) is 5.82 Å². The molecule has 3 aromatic carbocycles. The second-order valence-corrected chi connectivity index (χ2v) is 8.51. The summed E-state index contributed by atoms with van der Waals surface area (Å²) in [4.78, 5) is 27.8. The minimum atomic E-state index is -0.194. The number of carbonyl (C=O) groups excluding carboxylic acids is 2. The summed E-state index contributed by atoms with van der Waals surface area (Å²) in [5, 5.41) is 10.4. The quantitative estimate of drug-likeness (QED) is 0.425. The van der Waals surface area contributed by atoms with Gasteiger partial charge in [-0.1, -0.05) is 42.5 Å². The van der Waals surface area contributed by atoms with Crippen LogP contribution in [0.4, 0.5) is 17.2 Å². The van der Waals surface area contributed by atoms with Crippen LogP contribution in [0.3, 0.4) is 0 Å². The molecule has 1 fully saturated rings. The van der Waals surface area contributed by atoms with Gasteiger partial charge in [-0.25, -0.2) is 0 Å². The molecule has 5 rings (SSSR count). The summed E-state index contributed by atoms with van der Waals surface area (Å²) >= 11 is 0. The fourth-order valence-corrected chi connectivity index (χ4v) is 4.17. The summed E-state index contributed by atoms with van der Waals surface area (Å²) in [6.45, 7) is 2.83. The highest BCUT2D eigenvalue weighted by Gasteiger charge is 2.19. The number of rotatable bonds is 6. The molecule has 0 spiro atoms. The van der Waals surface area contributed by atoms with Crippen molar-refractivity contribution in [2.24, 2.45) is 7.05 Å². The third-order valence-corrected chi connectivity index (χ3v) is 6.10. The lowest BCUT2D eigenvalue weighted by molar-refractivity contribution is 0.101. The zero-order valence-electron chi connectivity index (χ0n) is 20.0. The van der Waals surface area contributed by atoms with E-state index in [1.807, 2.05) is 72.8 Å². The molecule has 1 aliphatic rings. The Morgan fingerprint density at radius 2 is 1.53 bits per heavy atom. The van der Waals surface area contributed by atoms with Crippen molar-refractivity contribution in [1.82, 2.24) is 9.78 Å². The highest BCUT2D eigenvalue weighted by Crippen LogP contribution is 2.25. The van der Waals surface area contributed by atoms with Crippen LogP contribution in [0.1, 0.15) is 20.7 Å². The molecule has 2 heterocycles. The molecule has 2 N–H and O–H groups in total. The summed E-state index contributed by atoms with van der Waals surface area (Å²) in [7, 11) is 1.78. The number of carbonyl (C=O) groups is 2. The number of ether oxygens (including phenoxy) is 1. The SMILES string of the molecule is Cn1nc(-c2ccc(NC(=O)c3ccccc3N3CCOCC3)cc2)cc1NC(=O)c1ccccc1. The molecule has 8 nitrogen and oxygen atoms in total. The number of amides is 2. The molecule has 0 radical (unpaired) electrons. The van der Waals surface area contributed by atoms with Crippen molar-refractivity contribution in [1.29, 1.82) is 0 Å². The fraction of sp³-hybridized carbons (Fsp3) is 0.179. The maximum atomic E-state index is 13.1. The first-order chi connectivity index (χ1) is 17.6. The first kappa shape index (κ1) is 23.3. The smallest absolute Gasteiger partial charge is 0.257 e. The Balaban J connectivity index is 1.28. The van der Waals surface area contributed by atoms with E-state index in [1.54, 1.807) is 23.9 Å². The molecule has 0 saturated carbocycles. The van der Waals surface area contributed by atoms with E-state index in [0.29, 0.717) is 35.8 Å². The lowest BCUT2D eigenvalue weighted by Gasteiger charge is -2.30. The van der Waals surface area contributed by atoms with Gasteiger partial charge in [-0.15, -0.1) is 0 Å². The van der Waals surface area contributed by atoms with Gasteiger partial charge in [0.25, 0.3) is 11.8 Å². The molecule has 8 heteroatoms. The zero-order chi connectivity index (χ0) is 24.9. The predicted molar refractivity (Wildman–Crippen MR) is 140 cm³/mol. The normalized spacial score (nSPS) is 13.3. The van der Waals surface area contributed by atoms with Crippen LogP contribution >= 0.6 is 0 Å². The lowest BCUT2D eigenvalue weighted by atomic mass is 10.1. The van der Waals surface area contributed by atoms with Crippen LogP contribution in [-0.2, 0) is 11.8 Å². The maximum Gasteiger partial charge on any atom is 0.257 e. The van der Waals surface area contributed by atoms with Crippen LogP contribution in [0, 0.1) is 0 Å². The van der Waals surface area contributed by atoms with E-state index in [1.165, 1.54) is 0 Å². The molecule has 1 aromatic heterocycles. The number of aryl methyl sites for hydroxylation is 1. The van der Waals surface area contributed by atoms with Crippen LogP contribution in [0.15, 0.2) is 84.9 Å². The van der Waals surface area contributed by atoms with E-state index in [-0.39, 0.29) is 11.8 Å². The van der Waals surface area contributed by atoms with Crippen LogP contribution in [0.2, 0.25) is 0 Å². The predicted octanol–water partition coefficient (Wildman–Crippen LogP) is 4.43. The molecule has 0 atom stereocenters. The van der Waals surface area contributed by atoms with E-state index in [0.717, 1.165) is 30.0 Å². The van der Waals surface area contributed by atoms with E-state index >= 15 is 0 Å². The summed E-state index contributed by atoms with van der Waals surface area (Å²) in [6.07, 6.45) is 0. The standard InChI is InChI=1S/C28H27N5O3/c1-32-26(30-27(34)21-7-3-2-4-8-21)19-24(31-32)20-11-13-22(14-12-20)29-28(35)23-9-5-6-10-25(23)33-15-17-36-18-16-33/h2-14,19H,15-18H2,1H3,(H,29,35)(H,30,34). The molecule has 0 unspecified atom stereocenters. The molecule has 1 aliphatic heterocycles. The Bertz CT molecular complexity index is 1360. The van der Waals surface area contributed by atoms with Crippen molar-refractivity contribution in [3.05, 3.63) is 96.1 Å². The highest BCUT2D eigenvalue weighted by atomic mass is 16.5. The number of anilines is 3. The Hall–Kier alpha value is -4.43. The van der Waals surface area contributed by atoms with Gasteiger partial charge >= 0.3 is 0 Å². The van der Waals surface area contributed by atoms with Gasteiger partial charge in [0.2, 0.25) is 0 Å². The topological polar surface area (TPSA) is 88.5 Å². The summed E-state index contributed by atoms with van der Waals surface area (Å²) < 4.78 is 7.08. The van der Waals surface area contributed by atoms with Crippen LogP contribution in [0.25, 0.3) is 11.3 Å². The second kappa shape index (κ2) is 10.5. The van der Waals surface area contributed by atoms with E-state index in [9.17, 15) is 9.59 Å². The van der Waals surface area contributed by atoms with Crippen molar-refractivity contribution in [3.63, 3.8) is 0 Å². The van der Waals surface area contributed by atoms with E-state index < -0.39 is 0 Å². The van der Waals surface area contributed by atoms with E-state index in [4.69, 9.17) is 4.74 Å². The molecule has 2 amide bonds. The van der Waals surface area contributed by atoms with Crippen LogP contribution < -0.4 is 15.5 Å². The summed E-state index contributed by atoms with van der Waals surface area (Å²) in [5.41, 5.74) is 4.40. The largest absolute Gasteiger partial charge is 0.378 e. The summed E-state index contributed by atoms with van der Waals surface area (Å²) in [5.74, 6) is 0.241. The van der Waals surface area contributed by atoms with Gasteiger partial charge in [-0.05, 0) is 36.4 Å². The molecule has 0 bridgehead atoms. The molecule has 0 aliphatic carbocycles. The molecular formula is C28H27N5O3. The van der Waals surface area contributed by atoms with Crippen molar-refractivity contribution in [3.8, 4) is 11.3 Å². The zero-order valence-corrected chi connectivity index (χ0v) is 20.0. The van der Waals surface area contributed by atoms with Crippen molar-refractivity contribution in [2.45, 2.75) is 0 Å². The number of benzene rings is 3. The van der Waals surface area contributed by atoms with Gasteiger partial charge in [0.15, 0.2) is 0 Å². The Morgan fingerprint density at radius 1 is 0.833 bits per heavy atom. The molecule has 36 heavy (non-hydrogen) atoms. The van der Waals surface area contributed by atoms with Gasteiger partial charge < -0.3 is 20.3 Å². The Morgan fingerprint density at radius 3 is 2.28 bits per heavy atom. The Labute approximate surface area is 209 Å². The van der Waals surface area contributed by atoms with Gasteiger partial charge in [0, 0.05) is 48.7 Å². The first-order valence-corrected chi connectivity index (χ1v) is 11.8. The number of morpholine rings is 1. The Kier molecular flexibility index (Phi) is 6.77. The number of hydrogen-bond donors (Lipinski definition) is 2. The number of nitrogens with zero attached hydrogens (tertiary/aromatic N) is 3. The number of nitrogens with one attached hydrogen (secondary N) is 2. The van der Waals surface area contributed by atoms with Gasteiger partial charge in [-0.3, -0.25) is 14.3 Å². The van der Waals surface area contributed by atoms with Crippen molar-refractivity contribution >= 4 is 29.0 Å². The molecule has 182 valence electrons. The average molecular weight is 482 g/mol. The van der Waals surface area contributed by atoms with Crippen molar-refractivity contribution in [2.75, 3.05) is 41.8 Å². The van der Waals surface area contributed by atoms with Crippen molar-refractivity contribution < 1.29 is 14.3 Å². The number of hydrogen-bond acceptors (Lipinski definition) is 5. The van der Waals surface area contributed by atoms with Crippen LogP contribution in [0.5, 0.6) is 0 Å². The van der Waals surface area contributed by atoms with Gasteiger partial charge in [0.05, 0.1) is 24.5 Å². The highest BCUT2D eigenvalue weighted by molar-refractivity contribution is 6.08. The summed E-state index contributed by atoms with van der Waals surface area (Å²) in [6, 6.07) is 26.0. The lowest BCUT2D eigenvalue weighted by Crippen LogP contribution is -2.37. The number of aromatic nitrogens is 2. The van der Waals surface area contributed by atoms with Gasteiger partial charge in [-0.2, -0.15) is 5.10 Å². The minimum absolute atomic E-state index is 0.159. The molecular weight excluding hydrogens is 454 g/mol. The third kappa shape index (κ3) is 5.13. The maximum absolute atomic E-state index is 13.1. The van der Waals surface area contributed by atoms with Crippen LogP contribution in [-0.4, -0.2) is 47.9 Å². The third-order valence-electron chi connectivity index (χ3n) is 6.10. The molecule has 4 aromatic rings. The fourth-order valence-electron chi connectivity index (χ4n) is 4.17. The number of para-hydroxylation sites is 1. The minimum Gasteiger partial charge on any atom is -0.378 e. The van der Waals surface area contributed by atoms with E-state index in [2.05, 4.69) is 20.6 Å². The molecule has 1 saturated heterocycles. The first-order valence-electron chi connectivity index (χ1n) is 11.8. The average Bonchev–Trinajstić information content (AvgIpc) is 3.29.